The zero-order chi connectivity index (χ0) is 18.7. The summed E-state index contributed by atoms with van der Waals surface area (Å²) in [6.07, 6.45) is 4.77. The molecule has 0 atom stereocenters. The fourth-order valence-corrected chi connectivity index (χ4v) is 3.43. The molecule has 3 aromatic heterocycles. The Bertz CT molecular complexity index is 948. The normalized spacial score (nSPS) is 11.2. The second-order valence-electron chi connectivity index (χ2n) is 5.99. The second kappa shape index (κ2) is 7.33. The van der Waals surface area contributed by atoms with Crippen molar-refractivity contribution in [1.29, 1.82) is 5.26 Å². The summed E-state index contributed by atoms with van der Waals surface area (Å²) in [5, 5.41) is 27.6. The van der Waals surface area contributed by atoms with E-state index in [1.54, 1.807) is 49.5 Å². The summed E-state index contributed by atoms with van der Waals surface area (Å²) in [6, 6.07) is 7.46. The molecule has 0 spiro atoms. The zero-order valence-corrected chi connectivity index (χ0v) is 15.7. The summed E-state index contributed by atoms with van der Waals surface area (Å²) < 4.78 is 0. The highest BCUT2D eigenvalue weighted by Crippen LogP contribution is 2.32. The first-order valence-electron chi connectivity index (χ1n) is 7.67. The van der Waals surface area contributed by atoms with E-state index in [0.717, 1.165) is 4.88 Å². The molecule has 0 radical (unpaired) electrons. The van der Waals surface area contributed by atoms with Crippen molar-refractivity contribution in [1.82, 2.24) is 20.2 Å². The SMILES string of the molecule is CC(C)(O)c1cc(N(Cc2ccc(C#N)s2)c2cnccn2)nnc1Cl. The minimum atomic E-state index is -1.17. The summed E-state index contributed by atoms with van der Waals surface area (Å²) in [6.45, 7) is 3.68. The van der Waals surface area contributed by atoms with E-state index in [4.69, 9.17) is 16.9 Å². The molecule has 0 aliphatic rings. The predicted octanol–water partition coefficient (Wildman–Crippen LogP) is 3.42. The molecule has 3 aromatic rings. The van der Waals surface area contributed by atoms with Crippen molar-refractivity contribution in [3.05, 3.63) is 57.3 Å². The van der Waals surface area contributed by atoms with E-state index in [9.17, 15) is 5.11 Å². The summed E-state index contributed by atoms with van der Waals surface area (Å²) in [4.78, 5) is 11.8. The molecule has 26 heavy (non-hydrogen) atoms. The van der Waals surface area contributed by atoms with Crippen molar-refractivity contribution in [3.63, 3.8) is 0 Å². The van der Waals surface area contributed by atoms with Crippen LogP contribution in [-0.2, 0) is 12.1 Å². The fourth-order valence-electron chi connectivity index (χ4n) is 2.32. The molecule has 0 aliphatic heterocycles. The van der Waals surface area contributed by atoms with Gasteiger partial charge in [-0.3, -0.25) is 4.98 Å². The monoisotopic (exact) mass is 386 g/mol. The third kappa shape index (κ3) is 3.96. The molecule has 0 aliphatic carbocycles. The Morgan fingerprint density at radius 2 is 2.08 bits per heavy atom. The van der Waals surface area contributed by atoms with Crippen LogP contribution in [0.15, 0.2) is 36.8 Å². The van der Waals surface area contributed by atoms with E-state index < -0.39 is 5.60 Å². The van der Waals surface area contributed by atoms with Gasteiger partial charge in [-0.05, 0) is 32.0 Å². The number of thiophene rings is 1. The van der Waals surface area contributed by atoms with E-state index in [1.807, 2.05) is 6.07 Å². The molecule has 0 saturated carbocycles. The highest BCUT2D eigenvalue weighted by molar-refractivity contribution is 7.12. The molecule has 0 unspecified atom stereocenters. The third-order valence-corrected chi connectivity index (χ3v) is 4.84. The van der Waals surface area contributed by atoms with Crippen LogP contribution >= 0.6 is 22.9 Å². The van der Waals surface area contributed by atoms with Gasteiger partial charge >= 0.3 is 0 Å². The number of aromatic nitrogens is 4. The number of rotatable bonds is 5. The van der Waals surface area contributed by atoms with E-state index >= 15 is 0 Å². The minimum absolute atomic E-state index is 0.142. The van der Waals surface area contributed by atoms with Crippen LogP contribution in [0.25, 0.3) is 0 Å². The Morgan fingerprint density at radius 1 is 1.27 bits per heavy atom. The Kier molecular flexibility index (Phi) is 5.13. The van der Waals surface area contributed by atoms with E-state index in [1.165, 1.54) is 11.3 Å². The number of nitriles is 1. The van der Waals surface area contributed by atoms with Crippen molar-refractivity contribution in [2.45, 2.75) is 26.0 Å². The summed E-state index contributed by atoms with van der Waals surface area (Å²) in [7, 11) is 0. The van der Waals surface area contributed by atoms with Crippen molar-refractivity contribution < 1.29 is 5.11 Å². The maximum Gasteiger partial charge on any atom is 0.157 e. The van der Waals surface area contributed by atoms with Gasteiger partial charge in [-0.2, -0.15) is 5.26 Å². The smallest absolute Gasteiger partial charge is 0.157 e. The fraction of sp³-hybridized carbons (Fsp3) is 0.235. The summed E-state index contributed by atoms with van der Waals surface area (Å²) >= 11 is 7.49. The molecule has 0 amide bonds. The number of anilines is 2. The van der Waals surface area contributed by atoms with Gasteiger partial charge in [0.2, 0.25) is 0 Å². The molecule has 9 heteroatoms. The lowest BCUT2D eigenvalue weighted by Crippen LogP contribution is -2.22. The van der Waals surface area contributed by atoms with Crippen molar-refractivity contribution in [3.8, 4) is 6.07 Å². The lowest BCUT2D eigenvalue weighted by atomic mass is 10.0. The summed E-state index contributed by atoms with van der Waals surface area (Å²) in [5.74, 6) is 1.04. The van der Waals surface area contributed by atoms with Gasteiger partial charge in [0.15, 0.2) is 16.8 Å². The molecular formula is C17H15ClN6OS. The molecule has 0 bridgehead atoms. The Balaban J connectivity index is 2.05. The number of hydrogen-bond acceptors (Lipinski definition) is 8. The lowest BCUT2D eigenvalue weighted by molar-refractivity contribution is 0.0782. The first kappa shape index (κ1) is 18.2. The molecule has 0 aromatic carbocycles. The van der Waals surface area contributed by atoms with Gasteiger partial charge in [0.25, 0.3) is 0 Å². The van der Waals surface area contributed by atoms with Crippen LogP contribution in [0.1, 0.15) is 29.2 Å². The highest BCUT2D eigenvalue weighted by atomic mass is 35.5. The average Bonchev–Trinajstić information content (AvgIpc) is 3.08. The molecule has 132 valence electrons. The molecule has 3 heterocycles. The van der Waals surface area contributed by atoms with Crippen LogP contribution in [0.5, 0.6) is 0 Å². The van der Waals surface area contributed by atoms with Crippen molar-refractivity contribution >= 4 is 34.6 Å². The van der Waals surface area contributed by atoms with Gasteiger partial charge in [0, 0.05) is 22.8 Å². The second-order valence-corrected chi connectivity index (χ2v) is 7.52. The van der Waals surface area contributed by atoms with Crippen LogP contribution in [0, 0.1) is 11.3 Å². The van der Waals surface area contributed by atoms with Gasteiger partial charge in [-0.1, -0.05) is 11.6 Å². The van der Waals surface area contributed by atoms with Crippen LogP contribution < -0.4 is 4.90 Å². The quantitative estimate of drug-likeness (QED) is 0.717. The average molecular weight is 387 g/mol. The number of nitrogens with zero attached hydrogens (tertiary/aromatic N) is 6. The first-order chi connectivity index (χ1) is 12.4. The Labute approximate surface area is 159 Å². The maximum atomic E-state index is 10.3. The van der Waals surface area contributed by atoms with Gasteiger partial charge in [0.05, 0.1) is 18.3 Å². The molecule has 0 fully saturated rings. The molecule has 3 rings (SSSR count). The first-order valence-corrected chi connectivity index (χ1v) is 8.86. The van der Waals surface area contributed by atoms with Crippen LogP contribution in [-0.4, -0.2) is 25.3 Å². The highest BCUT2D eigenvalue weighted by Gasteiger charge is 2.24. The molecule has 1 N–H and O–H groups in total. The van der Waals surface area contributed by atoms with Crippen LogP contribution in [0.2, 0.25) is 5.15 Å². The largest absolute Gasteiger partial charge is 0.386 e. The van der Waals surface area contributed by atoms with Gasteiger partial charge < -0.3 is 10.0 Å². The summed E-state index contributed by atoms with van der Waals surface area (Å²) in [5.41, 5.74) is -0.714. The van der Waals surface area contributed by atoms with Crippen molar-refractivity contribution in [2.24, 2.45) is 0 Å². The molecule has 0 saturated heterocycles. The Morgan fingerprint density at radius 3 is 2.69 bits per heavy atom. The van der Waals surface area contributed by atoms with E-state index in [0.29, 0.717) is 28.6 Å². The number of halogens is 1. The van der Waals surface area contributed by atoms with Crippen molar-refractivity contribution in [2.75, 3.05) is 4.90 Å². The minimum Gasteiger partial charge on any atom is -0.386 e. The number of aliphatic hydroxyl groups is 1. The van der Waals surface area contributed by atoms with Crippen LogP contribution in [0.3, 0.4) is 0 Å². The van der Waals surface area contributed by atoms with E-state index in [2.05, 4.69) is 26.2 Å². The van der Waals surface area contributed by atoms with Crippen LogP contribution in [0.4, 0.5) is 11.6 Å². The lowest BCUT2D eigenvalue weighted by Gasteiger charge is -2.24. The van der Waals surface area contributed by atoms with Gasteiger partial charge in [-0.25, -0.2) is 4.98 Å². The number of hydrogen-bond donors (Lipinski definition) is 1. The predicted molar refractivity (Wildman–Crippen MR) is 99.2 cm³/mol. The molecule has 7 nitrogen and oxygen atoms in total. The van der Waals surface area contributed by atoms with Gasteiger partial charge in [-0.15, -0.1) is 21.5 Å². The molecular weight excluding hydrogens is 372 g/mol. The zero-order valence-electron chi connectivity index (χ0n) is 14.1. The third-order valence-electron chi connectivity index (χ3n) is 3.58. The topological polar surface area (TPSA) is 98.8 Å². The standard InChI is InChI=1S/C17H15ClN6OS/c1-17(2,25)13-7-14(22-23-16(13)18)24(15-9-20-5-6-21-15)10-12-4-3-11(8-19)26-12/h3-7,9,25H,10H2,1-2H3. The van der Waals surface area contributed by atoms with Gasteiger partial charge in [0.1, 0.15) is 10.9 Å². The Hall–Kier alpha value is -2.60. The maximum absolute atomic E-state index is 10.3. The van der Waals surface area contributed by atoms with E-state index in [-0.39, 0.29) is 5.15 Å².